The van der Waals surface area contributed by atoms with Gasteiger partial charge >= 0.3 is 0 Å². The van der Waals surface area contributed by atoms with Crippen molar-refractivity contribution in [3.8, 4) is 5.75 Å². The van der Waals surface area contributed by atoms with Crippen molar-refractivity contribution in [3.63, 3.8) is 0 Å². The van der Waals surface area contributed by atoms with E-state index >= 15 is 0 Å². The Kier molecular flexibility index (Phi) is 4.91. The van der Waals surface area contributed by atoms with Crippen molar-refractivity contribution >= 4 is 0 Å². The van der Waals surface area contributed by atoms with Crippen LogP contribution in [0.2, 0.25) is 0 Å². The first-order valence-electron chi connectivity index (χ1n) is 6.95. The van der Waals surface area contributed by atoms with Crippen molar-refractivity contribution in [1.82, 2.24) is 0 Å². The van der Waals surface area contributed by atoms with Crippen molar-refractivity contribution in [1.29, 1.82) is 0 Å². The van der Waals surface area contributed by atoms with E-state index in [9.17, 15) is 8.78 Å². The smallest absolute Gasteiger partial charge is 0.162 e. The predicted molar refractivity (Wildman–Crippen MR) is 79.2 cm³/mol. The molecule has 0 aromatic heterocycles. The topological polar surface area (TPSA) is 35.2 Å². The highest BCUT2D eigenvalue weighted by Gasteiger charge is 2.22. The summed E-state index contributed by atoms with van der Waals surface area (Å²) in [7, 11) is 0. The molecule has 2 nitrogen and oxygen atoms in total. The Bertz CT molecular complexity index is 615. The van der Waals surface area contributed by atoms with Gasteiger partial charge < -0.3 is 10.5 Å². The van der Waals surface area contributed by atoms with Crippen molar-refractivity contribution < 1.29 is 13.5 Å². The molecule has 4 heteroatoms. The van der Waals surface area contributed by atoms with E-state index < -0.39 is 17.7 Å². The Hall–Kier alpha value is -1.94. The molecular formula is C17H19F2NO. The zero-order valence-electron chi connectivity index (χ0n) is 12.1. The lowest BCUT2D eigenvalue weighted by atomic mass is 9.97. The fourth-order valence-electron chi connectivity index (χ4n) is 2.20. The summed E-state index contributed by atoms with van der Waals surface area (Å²) in [6, 6.07) is 11.0. The van der Waals surface area contributed by atoms with E-state index in [0.717, 1.165) is 23.3 Å². The van der Waals surface area contributed by atoms with Gasteiger partial charge in [0.2, 0.25) is 0 Å². The van der Waals surface area contributed by atoms with Crippen LogP contribution < -0.4 is 10.5 Å². The second kappa shape index (κ2) is 6.68. The lowest BCUT2D eigenvalue weighted by molar-refractivity contribution is 0.169. The summed E-state index contributed by atoms with van der Waals surface area (Å²) in [4.78, 5) is 0. The molecule has 0 aliphatic heterocycles. The zero-order chi connectivity index (χ0) is 15.4. The third kappa shape index (κ3) is 3.58. The number of halogens is 2. The first-order chi connectivity index (χ1) is 10.0. The Labute approximate surface area is 123 Å². The molecule has 0 radical (unpaired) electrons. The Morgan fingerprint density at radius 2 is 1.81 bits per heavy atom. The lowest BCUT2D eigenvalue weighted by Gasteiger charge is -2.26. The van der Waals surface area contributed by atoms with Crippen LogP contribution >= 0.6 is 0 Å². The fourth-order valence-corrected chi connectivity index (χ4v) is 2.20. The van der Waals surface area contributed by atoms with E-state index in [1.54, 1.807) is 0 Å². The first-order valence-corrected chi connectivity index (χ1v) is 6.95. The monoisotopic (exact) mass is 291 g/mol. The van der Waals surface area contributed by atoms with Gasteiger partial charge in [0, 0.05) is 12.1 Å². The molecule has 0 aliphatic rings. The number of benzene rings is 2. The van der Waals surface area contributed by atoms with E-state index in [2.05, 4.69) is 0 Å². The van der Waals surface area contributed by atoms with Gasteiger partial charge in [0.05, 0.1) is 0 Å². The highest BCUT2D eigenvalue weighted by molar-refractivity contribution is 5.31. The van der Waals surface area contributed by atoms with Crippen LogP contribution in [-0.2, 0) is 0 Å². The molecule has 2 unspecified atom stereocenters. The van der Waals surface area contributed by atoms with Crippen molar-refractivity contribution in [2.75, 3.05) is 0 Å². The highest BCUT2D eigenvalue weighted by atomic mass is 19.2. The van der Waals surface area contributed by atoms with Crippen molar-refractivity contribution in [2.24, 2.45) is 5.73 Å². The molecule has 0 bridgehead atoms. The molecule has 112 valence electrons. The molecule has 0 amide bonds. The maximum Gasteiger partial charge on any atom is 0.162 e. The Morgan fingerprint density at radius 1 is 1.10 bits per heavy atom. The van der Waals surface area contributed by atoms with Gasteiger partial charge in [-0.2, -0.15) is 0 Å². The molecule has 2 rings (SSSR count). The minimum absolute atomic E-state index is 0.237. The number of hydrogen-bond donors (Lipinski definition) is 1. The SMILES string of the molecule is CCC(N)C(Oc1ccc(F)c(F)c1)c1ccccc1C. The second-order valence-electron chi connectivity index (χ2n) is 5.04. The van der Waals surface area contributed by atoms with Gasteiger partial charge in [0.25, 0.3) is 0 Å². The lowest BCUT2D eigenvalue weighted by Crippen LogP contribution is -2.32. The Balaban J connectivity index is 2.33. The van der Waals surface area contributed by atoms with Gasteiger partial charge in [-0.15, -0.1) is 0 Å². The maximum atomic E-state index is 13.3. The maximum absolute atomic E-state index is 13.3. The molecule has 0 fully saturated rings. The normalized spacial score (nSPS) is 13.8. The number of hydrogen-bond acceptors (Lipinski definition) is 2. The summed E-state index contributed by atoms with van der Waals surface area (Å²) in [6.45, 7) is 3.93. The molecule has 21 heavy (non-hydrogen) atoms. The largest absolute Gasteiger partial charge is 0.484 e. The summed E-state index contributed by atoms with van der Waals surface area (Å²) in [6.07, 6.45) is 0.309. The van der Waals surface area contributed by atoms with Crippen LogP contribution in [-0.4, -0.2) is 6.04 Å². The summed E-state index contributed by atoms with van der Waals surface area (Å²) >= 11 is 0. The van der Waals surface area contributed by atoms with Gasteiger partial charge in [0.1, 0.15) is 11.9 Å². The van der Waals surface area contributed by atoms with Crippen LogP contribution in [0.15, 0.2) is 42.5 Å². The minimum atomic E-state index is -0.930. The minimum Gasteiger partial charge on any atom is -0.484 e. The molecule has 0 aliphatic carbocycles. The third-order valence-electron chi connectivity index (χ3n) is 3.51. The van der Waals surface area contributed by atoms with E-state index in [1.807, 2.05) is 38.1 Å². The van der Waals surface area contributed by atoms with Crippen LogP contribution in [0, 0.1) is 18.6 Å². The average molecular weight is 291 g/mol. The third-order valence-corrected chi connectivity index (χ3v) is 3.51. The number of rotatable bonds is 5. The summed E-state index contributed by atoms with van der Waals surface area (Å²) in [5, 5.41) is 0. The molecule has 2 aromatic rings. The number of nitrogens with two attached hydrogens (primary N) is 1. The van der Waals surface area contributed by atoms with Crippen molar-refractivity contribution in [3.05, 3.63) is 65.2 Å². The van der Waals surface area contributed by atoms with Gasteiger partial charge in [0.15, 0.2) is 11.6 Å². The van der Waals surface area contributed by atoms with E-state index in [1.165, 1.54) is 6.07 Å². The predicted octanol–water partition coefficient (Wildman–Crippen LogP) is 4.13. The molecule has 0 saturated carbocycles. The zero-order valence-corrected chi connectivity index (χ0v) is 12.1. The molecule has 0 saturated heterocycles. The molecule has 0 spiro atoms. The van der Waals surface area contributed by atoms with Crippen LogP contribution in [0.3, 0.4) is 0 Å². The standard InChI is InChI=1S/C17H19F2NO/c1-3-16(20)17(13-7-5-4-6-11(13)2)21-12-8-9-14(18)15(19)10-12/h4-10,16-17H,3,20H2,1-2H3. The first kappa shape index (κ1) is 15.4. The van der Waals surface area contributed by atoms with Crippen molar-refractivity contribution in [2.45, 2.75) is 32.4 Å². The Morgan fingerprint density at radius 3 is 2.43 bits per heavy atom. The van der Waals surface area contributed by atoms with Gasteiger partial charge in [-0.05, 0) is 36.6 Å². The van der Waals surface area contributed by atoms with Gasteiger partial charge in [-0.3, -0.25) is 0 Å². The van der Waals surface area contributed by atoms with Gasteiger partial charge in [-0.25, -0.2) is 8.78 Å². The van der Waals surface area contributed by atoms with Crippen LogP contribution in [0.1, 0.15) is 30.6 Å². The average Bonchev–Trinajstić information content (AvgIpc) is 2.48. The summed E-state index contributed by atoms with van der Waals surface area (Å²) in [5.74, 6) is -1.55. The van der Waals surface area contributed by atoms with E-state index in [0.29, 0.717) is 6.42 Å². The molecule has 2 N–H and O–H groups in total. The van der Waals surface area contributed by atoms with Crippen LogP contribution in [0.5, 0.6) is 5.75 Å². The number of aryl methyl sites for hydroxylation is 1. The second-order valence-corrected chi connectivity index (χ2v) is 5.04. The fraction of sp³-hybridized carbons (Fsp3) is 0.294. The quantitative estimate of drug-likeness (QED) is 0.899. The summed E-state index contributed by atoms with van der Waals surface area (Å²) < 4.78 is 32.1. The van der Waals surface area contributed by atoms with E-state index in [-0.39, 0.29) is 11.8 Å². The van der Waals surface area contributed by atoms with Crippen LogP contribution in [0.25, 0.3) is 0 Å². The highest BCUT2D eigenvalue weighted by Crippen LogP contribution is 2.28. The number of ether oxygens (including phenoxy) is 1. The molecule has 2 aromatic carbocycles. The molecular weight excluding hydrogens is 272 g/mol. The molecule has 2 atom stereocenters. The van der Waals surface area contributed by atoms with Crippen LogP contribution in [0.4, 0.5) is 8.78 Å². The summed E-state index contributed by atoms with van der Waals surface area (Å²) in [5.41, 5.74) is 8.15. The molecule has 0 heterocycles. The van der Waals surface area contributed by atoms with E-state index in [4.69, 9.17) is 10.5 Å². The van der Waals surface area contributed by atoms with Gasteiger partial charge in [-0.1, -0.05) is 31.2 Å².